The zero-order valence-corrected chi connectivity index (χ0v) is 30.6. The molecule has 12 heteroatoms. The second-order valence-electron chi connectivity index (χ2n) is 12.6. The minimum Gasteiger partial charge on any atom is -0.494 e. The van der Waals surface area contributed by atoms with Gasteiger partial charge in [-0.15, -0.1) is 0 Å². The van der Waals surface area contributed by atoms with E-state index >= 15 is 0 Å². The summed E-state index contributed by atoms with van der Waals surface area (Å²) in [5.74, 6) is -0.402. The summed E-state index contributed by atoms with van der Waals surface area (Å²) in [6.07, 6.45) is 13.2. The van der Waals surface area contributed by atoms with E-state index in [-0.39, 0.29) is 13.2 Å². The lowest BCUT2D eigenvalue weighted by molar-refractivity contribution is -0.149. The smallest absolute Gasteiger partial charge is 0.331 e. The van der Waals surface area contributed by atoms with Crippen molar-refractivity contribution in [2.45, 2.75) is 75.8 Å². The van der Waals surface area contributed by atoms with E-state index in [1.807, 2.05) is 48.5 Å². The number of unbranched alkanes of at least 4 members (excludes halogenated alkanes) is 6. The van der Waals surface area contributed by atoms with E-state index in [0.29, 0.717) is 26.4 Å². The molecule has 12 nitrogen and oxygen atoms in total. The largest absolute Gasteiger partial charge is 0.494 e. The molecule has 0 unspecified atom stereocenters. The lowest BCUT2D eigenvalue weighted by Gasteiger charge is -2.16. The molecular weight excluding hydrogens is 696 g/mol. The highest BCUT2D eigenvalue weighted by atomic mass is 16.7. The Morgan fingerprint density at radius 1 is 0.537 bits per heavy atom. The van der Waals surface area contributed by atoms with Crippen molar-refractivity contribution in [1.29, 1.82) is 0 Å². The van der Waals surface area contributed by atoms with Crippen molar-refractivity contribution in [3.05, 3.63) is 97.1 Å². The van der Waals surface area contributed by atoms with Crippen molar-refractivity contribution in [2.75, 3.05) is 39.6 Å². The maximum Gasteiger partial charge on any atom is 0.331 e. The van der Waals surface area contributed by atoms with Crippen LogP contribution in [0.25, 0.3) is 12.2 Å². The van der Waals surface area contributed by atoms with Gasteiger partial charge in [0.25, 0.3) is 0 Å². The Balaban J connectivity index is 1.08. The molecule has 290 valence electrons. The number of fused-ring (bicyclic) bond motifs is 1. The van der Waals surface area contributed by atoms with E-state index in [4.69, 9.17) is 37.9 Å². The molecule has 2 aromatic carbocycles. The summed E-state index contributed by atoms with van der Waals surface area (Å²) < 4.78 is 44.3. The Labute approximate surface area is 316 Å². The van der Waals surface area contributed by atoms with Crippen LogP contribution in [0.4, 0.5) is 0 Å². The highest BCUT2D eigenvalue weighted by Gasteiger charge is 2.51. The summed E-state index contributed by atoms with van der Waals surface area (Å²) in [5, 5.41) is 0. The van der Waals surface area contributed by atoms with E-state index in [2.05, 4.69) is 13.2 Å². The fourth-order valence-electron chi connectivity index (χ4n) is 5.65. The lowest BCUT2D eigenvalue weighted by atomic mass is 10.1. The van der Waals surface area contributed by atoms with Gasteiger partial charge in [-0.25, -0.2) is 19.2 Å². The lowest BCUT2D eigenvalue weighted by Crippen LogP contribution is -2.35. The third kappa shape index (κ3) is 15.0. The second kappa shape index (κ2) is 23.5. The summed E-state index contributed by atoms with van der Waals surface area (Å²) in [7, 11) is 0. The molecule has 4 atom stereocenters. The van der Waals surface area contributed by atoms with Crippen LogP contribution in [0.15, 0.2) is 86.0 Å². The van der Waals surface area contributed by atoms with Crippen molar-refractivity contribution >= 4 is 36.0 Å². The van der Waals surface area contributed by atoms with E-state index in [1.165, 1.54) is 12.2 Å². The molecule has 2 heterocycles. The van der Waals surface area contributed by atoms with E-state index in [9.17, 15) is 19.2 Å². The molecule has 2 aliphatic rings. The fraction of sp³-hybridized carbons (Fsp3) is 0.429. The van der Waals surface area contributed by atoms with Gasteiger partial charge in [-0.2, -0.15) is 0 Å². The average molecular weight is 747 g/mol. The maximum atomic E-state index is 12.6. The number of benzene rings is 2. The fourth-order valence-corrected chi connectivity index (χ4v) is 5.65. The quantitative estimate of drug-likeness (QED) is 0.0510. The highest BCUT2D eigenvalue weighted by molar-refractivity contribution is 5.88. The zero-order chi connectivity index (χ0) is 38.4. The minimum atomic E-state index is -0.626. The molecule has 0 bridgehead atoms. The average Bonchev–Trinajstić information content (AvgIpc) is 3.78. The van der Waals surface area contributed by atoms with Crippen molar-refractivity contribution in [3.63, 3.8) is 0 Å². The Morgan fingerprint density at radius 3 is 1.28 bits per heavy atom. The van der Waals surface area contributed by atoms with Crippen LogP contribution >= 0.6 is 0 Å². The van der Waals surface area contributed by atoms with Gasteiger partial charge in [-0.05, 0) is 98.9 Å². The Kier molecular flexibility index (Phi) is 18.1. The first-order chi connectivity index (χ1) is 26.3. The Morgan fingerprint density at radius 2 is 0.907 bits per heavy atom. The molecule has 0 aliphatic carbocycles. The van der Waals surface area contributed by atoms with Gasteiger partial charge in [-0.3, -0.25) is 0 Å². The molecule has 2 aromatic rings. The normalized spacial score (nSPS) is 18.9. The van der Waals surface area contributed by atoms with Gasteiger partial charge in [-0.1, -0.05) is 37.4 Å². The SMILES string of the molecule is C=CC(=O)OCCCCCCOc1ccc(/C=C/C(=O)O[C@@H]2CO[C@H]3[C@@H]2OC[C@H]3OC(=O)/C=C/c2ccc(OCCCCCCOC(=O)C=C)cc2)cc1. The summed E-state index contributed by atoms with van der Waals surface area (Å²) in [6, 6.07) is 14.7. The third-order valence-electron chi connectivity index (χ3n) is 8.52. The number of carbonyl (C=O) groups excluding carboxylic acids is 4. The van der Waals surface area contributed by atoms with E-state index in [0.717, 1.165) is 86.1 Å². The van der Waals surface area contributed by atoms with Crippen LogP contribution in [0.5, 0.6) is 11.5 Å². The monoisotopic (exact) mass is 746 g/mol. The molecule has 0 spiro atoms. The second-order valence-corrected chi connectivity index (χ2v) is 12.6. The first-order valence-corrected chi connectivity index (χ1v) is 18.4. The standard InChI is InChI=1S/C42H50O12/c1-3-37(43)49-27-11-7-5-9-25-47-33-19-13-31(14-20-33)17-23-39(45)53-35-29-51-42-36(30-52-41(35)42)54-40(46)24-18-32-15-21-34(22-16-32)48-26-10-6-8-12-28-50-38(44)4-2/h3-4,13-24,35-36,41-42H,1-2,5-12,25-30H2/b23-17+,24-18+/t35-,36-,41-,42-/m1/s1. The molecule has 54 heavy (non-hydrogen) atoms. The van der Waals surface area contributed by atoms with Gasteiger partial charge >= 0.3 is 23.9 Å². The van der Waals surface area contributed by atoms with Crippen LogP contribution in [0.3, 0.4) is 0 Å². The Hall–Kier alpha value is -5.20. The zero-order valence-electron chi connectivity index (χ0n) is 30.6. The summed E-state index contributed by atoms with van der Waals surface area (Å²) in [5.41, 5.74) is 1.61. The molecule has 4 rings (SSSR count). The molecule has 0 saturated carbocycles. The van der Waals surface area contributed by atoms with Crippen LogP contribution in [0.1, 0.15) is 62.5 Å². The van der Waals surface area contributed by atoms with Crippen LogP contribution < -0.4 is 9.47 Å². The van der Waals surface area contributed by atoms with Gasteiger partial charge in [0.05, 0.1) is 39.6 Å². The number of ether oxygens (including phenoxy) is 8. The van der Waals surface area contributed by atoms with Crippen molar-refractivity contribution in [1.82, 2.24) is 0 Å². The van der Waals surface area contributed by atoms with Crippen LogP contribution in [-0.4, -0.2) is 87.9 Å². The maximum absolute atomic E-state index is 12.6. The van der Waals surface area contributed by atoms with Crippen LogP contribution in [0.2, 0.25) is 0 Å². The van der Waals surface area contributed by atoms with Gasteiger partial charge < -0.3 is 37.9 Å². The number of carbonyl (C=O) groups is 4. The van der Waals surface area contributed by atoms with Gasteiger partial charge in [0.15, 0.2) is 12.2 Å². The number of hydrogen-bond acceptors (Lipinski definition) is 12. The molecule has 2 fully saturated rings. The molecule has 0 N–H and O–H groups in total. The van der Waals surface area contributed by atoms with Gasteiger partial charge in [0, 0.05) is 24.3 Å². The Bertz CT molecular complexity index is 1450. The number of hydrogen-bond donors (Lipinski definition) is 0. The topological polar surface area (TPSA) is 142 Å². The third-order valence-corrected chi connectivity index (χ3v) is 8.52. The van der Waals surface area contributed by atoms with Crippen molar-refractivity contribution in [3.8, 4) is 11.5 Å². The first kappa shape index (κ1) is 41.6. The predicted octanol–water partition coefficient (Wildman–Crippen LogP) is 6.37. The highest BCUT2D eigenvalue weighted by Crippen LogP contribution is 2.31. The number of rotatable bonds is 24. The molecule has 0 aromatic heterocycles. The summed E-state index contributed by atoms with van der Waals surface area (Å²) >= 11 is 0. The van der Waals surface area contributed by atoms with Crippen LogP contribution in [-0.2, 0) is 47.6 Å². The molecular formula is C42H50O12. The molecule has 2 aliphatic heterocycles. The number of esters is 4. The summed E-state index contributed by atoms with van der Waals surface area (Å²) in [4.78, 5) is 47.2. The minimum absolute atomic E-state index is 0.134. The molecule has 0 radical (unpaired) electrons. The predicted molar refractivity (Wildman–Crippen MR) is 200 cm³/mol. The first-order valence-electron chi connectivity index (χ1n) is 18.4. The van der Waals surface area contributed by atoms with E-state index in [1.54, 1.807) is 12.2 Å². The van der Waals surface area contributed by atoms with E-state index < -0.39 is 48.3 Å². The summed E-state index contributed by atoms with van der Waals surface area (Å²) in [6.45, 7) is 8.95. The van der Waals surface area contributed by atoms with Gasteiger partial charge in [0.2, 0.25) is 0 Å². The van der Waals surface area contributed by atoms with Crippen LogP contribution in [0, 0.1) is 0 Å². The van der Waals surface area contributed by atoms with Crippen molar-refractivity contribution < 1.29 is 57.1 Å². The van der Waals surface area contributed by atoms with Gasteiger partial charge in [0.1, 0.15) is 23.7 Å². The van der Waals surface area contributed by atoms with Crippen molar-refractivity contribution in [2.24, 2.45) is 0 Å². The molecule has 2 saturated heterocycles. The molecule has 0 amide bonds.